The van der Waals surface area contributed by atoms with E-state index in [-0.39, 0.29) is 18.2 Å². The second kappa shape index (κ2) is 10.4. The van der Waals surface area contributed by atoms with Crippen LogP contribution >= 0.6 is 11.6 Å². The summed E-state index contributed by atoms with van der Waals surface area (Å²) in [6.07, 6.45) is 5.79. The molecule has 0 radical (unpaired) electrons. The smallest absolute Gasteiger partial charge is 0.246 e. The number of carbonyl (C=O) groups excluding carboxylic acids is 2. The maximum Gasteiger partial charge on any atom is 0.246 e. The Labute approximate surface area is 183 Å². The lowest BCUT2D eigenvalue weighted by atomic mass is 10.2. The zero-order chi connectivity index (χ0) is 22.2. The van der Waals surface area contributed by atoms with Crippen LogP contribution in [0.2, 0.25) is 5.02 Å². The third-order valence-electron chi connectivity index (χ3n) is 4.14. The quantitative estimate of drug-likeness (QED) is 0.538. The van der Waals surface area contributed by atoms with E-state index in [1.54, 1.807) is 48.7 Å². The molecule has 0 aliphatic carbocycles. The van der Waals surface area contributed by atoms with Crippen LogP contribution < -0.4 is 10.1 Å². The van der Waals surface area contributed by atoms with Crippen molar-refractivity contribution in [1.82, 2.24) is 9.88 Å². The largest absolute Gasteiger partial charge is 0.453 e. The SMILES string of the molecule is CN(CC(=O)Nc1ccccc1Cl)C(=O)/C=C/c1ccc(Oc2cccnc2)c(F)c1. The van der Waals surface area contributed by atoms with Gasteiger partial charge in [-0.2, -0.15) is 0 Å². The van der Waals surface area contributed by atoms with Gasteiger partial charge in [-0.3, -0.25) is 14.6 Å². The van der Waals surface area contributed by atoms with Crippen molar-refractivity contribution in [3.05, 3.63) is 89.5 Å². The standard InChI is InChI=1S/C23H19ClFN3O3/c1-28(15-22(29)27-20-7-3-2-6-18(20)24)23(30)11-9-16-8-10-21(19(25)13-16)31-17-5-4-12-26-14-17/h2-14H,15H2,1H3,(H,27,29)/b11-9+. The van der Waals surface area contributed by atoms with Crippen molar-refractivity contribution in [2.24, 2.45) is 0 Å². The van der Waals surface area contributed by atoms with E-state index in [0.717, 1.165) is 0 Å². The van der Waals surface area contributed by atoms with Gasteiger partial charge in [0, 0.05) is 19.3 Å². The number of aromatic nitrogens is 1. The van der Waals surface area contributed by atoms with Crippen molar-refractivity contribution >= 4 is 35.2 Å². The molecule has 1 N–H and O–H groups in total. The van der Waals surface area contributed by atoms with E-state index in [4.69, 9.17) is 16.3 Å². The van der Waals surface area contributed by atoms with Gasteiger partial charge in [-0.15, -0.1) is 0 Å². The van der Waals surface area contributed by atoms with Crippen molar-refractivity contribution in [3.63, 3.8) is 0 Å². The molecule has 31 heavy (non-hydrogen) atoms. The summed E-state index contributed by atoms with van der Waals surface area (Å²) in [5, 5.41) is 3.05. The highest BCUT2D eigenvalue weighted by atomic mass is 35.5. The molecular formula is C23H19ClFN3O3. The number of ether oxygens (including phenoxy) is 1. The number of carbonyl (C=O) groups is 2. The molecule has 0 aliphatic heterocycles. The van der Waals surface area contributed by atoms with Crippen LogP contribution in [-0.2, 0) is 9.59 Å². The van der Waals surface area contributed by atoms with Crippen molar-refractivity contribution in [2.75, 3.05) is 18.9 Å². The highest BCUT2D eigenvalue weighted by Gasteiger charge is 2.12. The molecule has 8 heteroatoms. The van der Waals surface area contributed by atoms with Crippen LogP contribution in [0.25, 0.3) is 6.08 Å². The molecule has 1 heterocycles. The first-order valence-electron chi connectivity index (χ1n) is 9.27. The van der Waals surface area contributed by atoms with Gasteiger partial charge in [0.2, 0.25) is 11.8 Å². The van der Waals surface area contributed by atoms with Crippen LogP contribution in [0.3, 0.4) is 0 Å². The zero-order valence-electron chi connectivity index (χ0n) is 16.6. The highest BCUT2D eigenvalue weighted by Crippen LogP contribution is 2.25. The Bertz CT molecular complexity index is 1110. The summed E-state index contributed by atoms with van der Waals surface area (Å²) in [5.41, 5.74) is 0.938. The number of pyridine rings is 1. The van der Waals surface area contributed by atoms with E-state index in [2.05, 4.69) is 10.3 Å². The summed E-state index contributed by atoms with van der Waals surface area (Å²) in [7, 11) is 1.49. The molecule has 158 valence electrons. The lowest BCUT2D eigenvalue weighted by Gasteiger charge is -2.15. The van der Waals surface area contributed by atoms with E-state index >= 15 is 0 Å². The van der Waals surface area contributed by atoms with Crippen LogP contribution in [0, 0.1) is 5.82 Å². The molecule has 2 aromatic carbocycles. The van der Waals surface area contributed by atoms with Gasteiger partial charge in [-0.05, 0) is 48.0 Å². The van der Waals surface area contributed by atoms with Crippen molar-refractivity contribution in [3.8, 4) is 11.5 Å². The molecule has 0 atom stereocenters. The van der Waals surface area contributed by atoms with Crippen LogP contribution in [-0.4, -0.2) is 35.3 Å². The summed E-state index contributed by atoms with van der Waals surface area (Å²) < 4.78 is 19.7. The van der Waals surface area contributed by atoms with Gasteiger partial charge in [0.15, 0.2) is 11.6 Å². The Balaban J connectivity index is 1.56. The summed E-state index contributed by atoms with van der Waals surface area (Å²) in [6, 6.07) is 14.5. The number of hydrogen-bond donors (Lipinski definition) is 1. The third-order valence-corrected chi connectivity index (χ3v) is 4.47. The highest BCUT2D eigenvalue weighted by molar-refractivity contribution is 6.33. The van der Waals surface area contributed by atoms with Crippen molar-refractivity contribution < 1.29 is 18.7 Å². The second-order valence-corrected chi connectivity index (χ2v) is 6.94. The molecule has 3 aromatic rings. The molecule has 0 aliphatic rings. The minimum absolute atomic E-state index is 0.0461. The molecule has 0 spiro atoms. The number of rotatable bonds is 7. The molecule has 1 aromatic heterocycles. The van der Waals surface area contributed by atoms with Gasteiger partial charge in [-0.25, -0.2) is 4.39 Å². The molecule has 6 nitrogen and oxygen atoms in total. The first-order chi connectivity index (χ1) is 14.9. The number of benzene rings is 2. The number of likely N-dealkylation sites (N-methyl/N-ethyl adjacent to an activating group) is 1. The van der Waals surface area contributed by atoms with Crippen LogP contribution in [0.5, 0.6) is 11.5 Å². The Morgan fingerprint density at radius 3 is 2.71 bits per heavy atom. The Morgan fingerprint density at radius 2 is 2.00 bits per heavy atom. The number of nitrogens with one attached hydrogen (secondary N) is 1. The summed E-state index contributed by atoms with van der Waals surface area (Å²) in [5.74, 6) is -0.918. The lowest BCUT2D eigenvalue weighted by Crippen LogP contribution is -2.33. The molecule has 0 fully saturated rings. The van der Waals surface area contributed by atoms with Gasteiger partial charge in [-0.1, -0.05) is 29.8 Å². The fourth-order valence-corrected chi connectivity index (χ4v) is 2.76. The normalized spacial score (nSPS) is 10.7. The number of anilines is 1. The minimum atomic E-state index is -0.578. The van der Waals surface area contributed by atoms with Crippen molar-refractivity contribution in [2.45, 2.75) is 0 Å². The number of para-hydroxylation sites is 1. The topological polar surface area (TPSA) is 71.5 Å². The average Bonchev–Trinajstić information content (AvgIpc) is 2.76. The lowest BCUT2D eigenvalue weighted by molar-refractivity contribution is -0.129. The maximum atomic E-state index is 14.3. The predicted molar refractivity (Wildman–Crippen MR) is 117 cm³/mol. The number of halogens is 2. The monoisotopic (exact) mass is 439 g/mol. The number of hydrogen-bond acceptors (Lipinski definition) is 4. The van der Waals surface area contributed by atoms with E-state index in [1.807, 2.05) is 0 Å². The van der Waals surface area contributed by atoms with E-state index < -0.39 is 11.7 Å². The van der Waals surface area contributed by atoms with Gasteiger partial charge in [0.1, 0.15) is 5.75 Å². The minimum Gasteiger partial charge on any atom is -0.453 e. The van der Waals surface area contributed by atoms with Crippen LogP contribution in [0.1, 0.15) is 5.56 Å². The van der Waals surface area contributed by atoms with Gasteiger partial charge >= 0.3 is 0 Å². The van der Waals surface area contributed by atoms with E-state index in [1.165, 1.54) is 42.4 Å². The van der Waals surface area contributed by atoms with Gasteiger partial charge in [0.05, 0.1) is 23.5 Å². The Hall–Kier alpha value is -3.71. The maximum absolute atomic E-state index is 14.3. The van der Waals surface area contributed by atoms with Crippen molar-refractivity contribution in [1.29, 1.82) is 0 Å². The second-order valence-electron chi connectivity index (χ2n) is 6.54. The van der Waals surface area contributed by atoms with E-state index in [9.17, 15) is 14.0 Å². The molecule has 0 unspecified atom stereocenters. The fourth-order valence-electron chi connectivity index (χ4n) is 2.58. The zero-order valence-corrected chi connectivity index (χ0v) is 17.3. The molecule has 0 saturated heterocycles. The molecule has 3 rings (SSSR count). The summed E-state index contributed by atoms with van der Waals surface area (Å²) in [6.45, 7) is -0.166. The van der Waals surface area contributed by atoms with Gasteiger partial charge in [0.25, 0.3) is 0 Å². The van der Waals surface area contributed by atoms with E-state index in [0.29, 0.717) is 22.0 Å². The molecular weight excluding hydrogens is 421 g/mol. The third kappa shape index (κ3) is 6.38. The van der Waals surface area contributed by atoms with Crippen LogP contribution in [0.4, 0.5) is 10.1 Å². The summed E-state index contributed by atoms with van der Waals surface area (Å²) in [4.78, 5) is 29.5. The first kappa shape index (κ1) is 22.0. The predicted octanol–water partition coefficient (Wildman–Crippen LogP) is 4.78. The molecule has 0 bridgehead atoms. The Kier molecular flexibility index (Phi) is 7.35. The van der Waals surface area contributed by atoms with Crippen LogP contribution in [0.15, 0.2) is 73.1 Å². The average molecular weight is 440 g/mol. The summed E-state index contributed by atoms with van der Waals surface area (Å²) >= 11 is 6.01. The number of nitrogens with zero attached hydrogens (tertiary/aromatic N) is 2. The Morgan fingerprint density at radius 1 is 1.19 bits per heavy atom. The first-order valence-corrected chi connectivity index (χ1v) is 9.65. The molecule has 2 amide bonds. The fraction of sp³-hybridized carbons (Fsp3) is 0.0870. The molecule has 0 saturated carbocycles. The van der Waals surface area contributed by atoms with Gasteiger partial charge < -0.3 is 15.0 Å². The number of amides is 2.